The number of hydrogen-bond acceptors (Lipinski definition) is 5. The van der Waals surface area contributed by atoms with E-state index in [1.165, 1.54) is 0 Å². The maximum atomic E-state index is 11.9. The Bertz CT molecular complexity index is 790. The molecule has 0 fully saturated rings. The van der Waals surface area contributed by atoms with Crippen molar-refractivity contribution < 1.29 is 23.8 Å². The van der Waals surface area contributed by atoms with Crippen molar-refractivity contribution in [3.8, 4) is 17.2 Å². The molecule has 150 valence electrons. The fourth-order valence-electron chi connectivity index (χ4n) is 2.62. The fourth-order valence-corrected chi connectivity index (χ4v) is 2.62. The second-order valence-electron chi connectivity index (χ2n) is 6.09. The van der Waals surface area contributed by atoms with Crippen molar-refractivity contribution in [3.05, 3.63) is 53.6 Å². The second-order valence-corrected chi connectivity index (χ2v) is 6.09. The molecular formula is C21H26N2O5. The Morgan fingerprint density at radius 1 is 0.786 bits per heavy atom. The normalized spacial score (nSPS) is 10.1. The molecule has 0 saturated carbocycles. The summed E-state index contributed by atoms with van der Waals surface area (Å²) in [4.78, 5) is 23.9. The number of amides is 2. The Labute approximate surface area is 165 Å². The van der Waals surface area contributed by atoms with Gasteiger partial charge in [0.15, 0.2) is 11.5 Å². The average molecular weight is 386 g/mol. The van der Waals surface area contributed by atoms with E-state index in [1.54, 1.807) is 33.5 Å². The third kappa shape index (κ3) is 6.50. The van der Waals surface area contributed by atoms with Crippen molar-refractivity contribution in [2.75, 3.05) is 34.4 Å². The first-order valence-corrected chi connectivity index (χ1v) is 8.93. The van der Waals surface area contributed by atoms with Gasteiger partial charge in [-0.05, 0) is 41.8 Å². The highest BCUT2D eigenvalue weighted by Gasteiger charge is 2.08. The van der Waals surface area contributed by atoms with E-state index < -0.39 is 0 Å². The van der Waals surface area contributed by atoms with Crippen LogP contribution >= 0.6 is 0 Å². The number of benzene rings is 2. The molecule has 0 aliphatic heterocycles. The predicted molar refractivity (Wildman–Crippen MR) is 106 cm³/mol. The smallest absolute Gasteiger partial charge is 0.239 e. The fraction of sp³-hybridized carbons (Fsp3) is 0.333. The van der Waals surface area contributed by atoms with E-state index in [-0.39, 0.29) is 24.8 Å². The summed E-state index contributed by atoms with van der Waals surface area (Å²) >= 11 is 0. The van der Waals surface area contributed by atoms with E-state index in [9.17, 15) is 9.59 Å². The molecule has 2 rings (SSSR count). The number of methoxy groups -OCH3 is 3. The molecule has 0 aromatic heterocycles. The molecule has 0 atom stereocenters. The Morgan fingerprint density at radius 2 is 1.46 bits per heavy atom. The Balaban J connectivity index is 1.70. The lowest BCUT2D eigenvalue weighted by atomic mass is 10.1. The van der Waals surface area contributed by atoms with Crippen molar-refractivity contribution in [3.63, 3.8) is 0 Å². The summed E-state index contributed by atoms with van der Waals surface area (Å²) < 4.78 is 15.5. The van der Waals surface area contributed by atoms with E-state index >= 15 is 0 Å². The zero-order valence-electron chi connectivity index (χ0n) is 16.4. The zero-order valence-corrected chi connectivity index (χ0v) is 16.4. The summed E-state index contributed by atoms with van der Waals surface area (Å²) in [5, 5.41) is 5.41. The molecule has 0 aliphatic rings. The van der Waals surface area contributed by atoms with Crippen LogP contribution in [0.4, 0.5) is 0 Å². The zero-order chi connectivity index (χ0) is 20.4. The third-order valence-corrected chi connectivity index (χ3v) is 4.15. The second kappa shape index (κ2) is 10.8. The summed E-state index contributed by atoms with van der Waals surface area (Å²) in [5.74, 6) is 1.61. The van der Waals surface area contributed by atoms with Gasteiger partial charge in [0.05, 0.1) is 34.3 Å². The maximum Gasteiger partial charge on any atom is 0.239 e. The molecule has 0 saturated heterocycles. The first-order valence-electron chi connectivity index (χ1n) is 8.93. The van der Waals surface area contributed by atoms with E-state index in [1.807, 2.05) is 30.3 Å². The molecule has 2 N–H and O–H groups in total. The molecule has 7 heteroatoms. The van der Waals surface area contributed by atoms with Crippen LogP contribution in [0.25, 0.3) is 0 Å². The van der Waals surface area contributed by atoms with Crippen LogP contribution in [0.2, 0.25) is 0 Å². The van der Waals surface area contributed by atoms with Gasteiger partial charge in [0.2, 0.25) is 11.8 Å². The number of carbonyl (C=O) groups excluding carboxylic acids is 2. The topological polar surface area (TPSA) is 85.9 Å². The predicted octanol–water partition coefficient (Wildman–Crippen LogP) is 1.73. The average Bonchev–Trinajstić information content (AvgIpc) is 2.72. The van der Waals surface area contributed by atoms with Gasteiger partial charge in [0.25, 0.3) is 0 Å². The molecule has 2 aromatic rings. The number of hydrogen-bond donors (Lipinski definition) is 2. The Hall–Kier alpha value is -3.22. The summed E-state index contributed by atoms with van der Waals surface area (Å²) in [5.41, 5.74) is 1.87. The molecule has 0 spiro atoms. The van der Waals surface area contributed by atoms with Gasteiger partial charge in [-0.1, -0.05) is 18.2 Å². The third-order valence-electron chi connectivity index (χ3n) is 4.15. The van der Waals surface area contributed by atoms with E-state index in [0.717, 1.165) is 16.9 Å². The van der Waals surface area contributed by atoms with E-state index in [0.29, 0.717) is 24.5 Å². The Morgan fingerprint density at radius 3 is 2.11 bits per heavy atom. The maximum absolute atomic E-state index is 11.9. The molecule has 0 radical (unpaired) electrons. The van der Waals surface area contributed by atoms with Crippen LogP contribution in [0.15, 0.2) is 42.5 Å². The van der Waals surface area contributed by atoms with Crippen LogP contribution in [-0.2, 0) is 22.4 Å². The molecule has 2 amide bonds. The monoisotopic (exact) mass is 386 g/mol. The SMILES string of the molecule is COc1ccc(CC(=O)NCC(=O)NCCc2ccc(OC)c(OC)c2)cc1. The molecule has 0 unspecified atom stereocenters. The number of ether oxygens (including phenoxy) is 3. The molecular weight excluding hydrogens is 360 g/mol. The van der Waals surface area contributed by atoms with Gasteiger partial charge < -0.3 is 24.8 Å². The minimum atomic E-state index is -0.233. The number of carbonyl (C=O) groups is 2. The quantitative estimate of drug-likeness (QED) is 0.650. The highest BCUT2D eigenvalue weighted by atomic mass is 16.5. The summed E-state index contributed by atoms with van der Waals surface area (Å²) in [7, 11) is 4.75. The summed E-state index contributed by atoms with van der Waals surface area (Å²) in [6.07, 6.45) is 0.856. The van der Waals surface area contributed by atoms with Gasteiger partial charge in [-0.3, -0.25) is 9.59 Å². The number of rotatable bonds is 10. The molecule has 0 heterocycles. The van der Waals surface area contributed by atoms with Crippen molar-refractivity contribution in [2.45, 2.75) is 12.8 Å². The van der Waals surface area contributed by atoms with Crippen LogP contribution in [0.5, 0.6) is 17.2 Å². The van der Waals surface area contributed by atoms with Crippen LogP contribution < -0.4 is 24.8 Å². The van der Waals surface area contributed by atoms with Crippen molar-refractivity contribution >= 4 is 11.8 Å². The highest BCUT2D eigenvalue weighted by molar-refractivity contribution is 5.85. The van der Waals surface area contributed by atoms with Crippen molar-refractivity contribution in [1.29, 1.82) is 0 Å². The lowest BCUT2D eigenvalue weighted by molar-refractivity contribution is -0.125. The minimum Gasteiger partial charge on any atom is -0.497 e. The van der Waals surface area contributed by atoms with Crippen LogP contribution in [0, 0.1) is 0 Å². The first-order chi connectivity index (χ1) is 13.5. The molecule has 0 bridgehead atoms. The standard InChI is InChI=1S/C21H26N2O5/c1-26-17-7-4-15(5-8-17)13-20(24)23-14-21(25)22-11-10-16-6-9-18(27-2)19(12-16)28-3/h4-9,12H,10-11,13-14H2,1-3H3,(H,22,25)(H,23,24). The molecule has 2 aromatic carbocycles. The van der Waals surface area contributed by atoms with Gasteiger partial charge in [-0.25, -0.2) is 0 Å². The van der Waals surface area contributed by atoms with Crippen LogP contribution in [-0.4, -0.2) is 46.2 Å². The summed E-state index contributed by atoms with van der Waals surface area (Å²) in [6.45, 7) is 0.406. The van der Waals surface area contributed by atoms with Gasteiger partial charge in [0.1, 0.15) is 5.75 Å². The van der Waals surface area contributed by atoms with Crippen LogP contribution in [0.1, 0.15) is 11.1 Å². The first kappa shape index (κ1) is 21.1. The molecule has 7 nitrogen and oxygen atoms in total. The lowest BCUT2D eigenvalue weighted by Gasteiger charge is -2.10. The lowest BCUT2D eigenvalue weighted by Crippen LogP contribution is -2.38. The minimum absolute atomic E-state index is 0.0546. The Kier molecular flexibility index (Phi) is 8.14. The van der Waals surface area contributed by atoms with Crippen molar-refractivity contribution in [2.24, 2.45) is 0 Å². The molecule has 0 aliphatic carbocycles. The van der Waals surface area contributed by atoms with Gasteiger partial charge in [-0.2, -0.15) is 0 Å². The van der Waals surface area contributed by atoms with Gasteiger partial charge >= 0.3 is 0 Å². The summed E-state index contributed by atoms with van der Waals surface area (Å²) in [6, 6.07) is 12.9. The molecule has 28 heavy (non-hydrogen) atoms. The highest BCUT2D eigenvalue weighted by Crippen LogP contribution is 2.27. The van der Waals surface area contributed by atoms with Crippen molar-refractivity contribution in [1.82, 2.24) is 10.6 Å². The number of nitrogens with one attached hydrogen (secondary N) is 2. The van der Waals surface area contributed by atoms with Crippen LogP contribution in [0.3, 0.4) is 0 Å². The van der Waals surface area contributed by atoms with Gasteiger partial charge in [0, 0.05) is 6.54 Å². The van der Waals surface area contributed by atoms with E-state index in [2.05, 4.69) is 10.6 Å². The largest absolute Gasteiger partial charge is 0.497 e. The van der Waals surface area contributed by atoms with Gasteiger partial charge in [-0.15, -0.1) is 0 Å². The van der Waals surface area contributed by atoms with E-state index in [4.69, 9.17) is 14.2 Å².